The molecule has 51 heavy (non-hydrogen) atoms. The number of aromatic nitrogens is 6. The van der Waals surface area contributed by atoms with Gasteiger partial charge in [-0.3, -0.25) is 19.2 Å². The molecule has 17 nitrogen and oxygen atoms in total. The molecular weight excluding hydrogens is 697 g/mol. The second-order valence-electron chi connectivity index (χ2n) is 12.1. The number of carbonyl (C=O) groups is 4. The summed E-state index contributed by atoms with van der Waals surface area (Å²) in [4.78, 5) is 58.3. The average molecular weight is 737 g/mol. The van der Waals surface area contributed by atoms with E-state index in [0.717, 1.165) is 49.2 Å². The molecule has 0 saturated heterocycles. The molecule has 4 amide bonds. The van der Waals surface area contributed by atoms with E-state index < -0.39 is 0 Å². The van der Waals surface area contributed by atoms with Crippen LogP contribution < -0.4 is 24.9 Å². The lowest BCUT2D eigenvalue weighted by Gasteiger charge is -2.22. The minimum absolute atomic E-state index is 0.0153. The van der Waals surface area contributed by atoms with Gasteiger partial charge in [-0.25, -0.2) is 0 Å². The normalized spacial score (nSPS) is 13.1. The number of anilines is 4. The summed E-state index contributed by atoms with van der Waals surface area (Å²) in [5.74, 6) is -0.594. The fraction of sp³-hybridized carbons (Fsp3) is 0.375. The highest BCUT2D eigenvalue weighted by Gasteiger charge is 2.30. The van der Waals surface area contributed by atoms with Crippen LogP contribution in [0, 0.1) is 0 Å². The van der Waals surface area contributed by atoms with Crippen LogP contribution in [-0.4, -0.2) is 130 Å². The zero-order valence-electron chi connectivity index (χ0n) is 28.7. The summed E-state index contributed by atoms with van der Waals surface area (Å²) in [5, 5.41) is 26.4. The number of hydrogen-bond acceptors (Lipinski definition) is 13. The van der Waals surface area contributed by atoms with Crippen molar-refractivity contribution < 1.29 is 24.3 Å². The number of benzene rings is 2. The maximum atomic E-state index is 12.7. The predicted molar refractivity (Wildman–Crippen MR) is 198 cm³/mol. The first-order valence-corrected chi connectivity index (χ1v) is 16.8. The van der Waals surface area contributed by atoms with E-state index in [-0.39, 0.29) is 42.5 Å². The van der Waals surface area contributed by atoms with Crippen molar-refractivity contribution in [3.8, 4) is 0 Å². The van der Waals surface area contributed by atoms with Crippen molar-refractivity contribution in [3.63, 3.8) is 0 Å². The highest BCUT2D eigenvalue weighted by molar-refractivity contribution is 7.78. The molecule has 0 fully saturated rings. The van der Waals surface area contributed by atoms with Crippen LogP contribution in [-0.2, 0) is 22.4 Å². The molecule has 0 radical (unpaired) electrons. The van der Waals surface area contributed by atoms with Crippen LogP contribution in [0.4, 0.5) is 22.7 Å². The standard InChI is InChI=1S/C16H20N6O3S.C16H20N6O2S/c1-20(15(24)10-17-5-7-23)12-3-2-11-4-6-21(13(11)8-12)16(25)14-9-18-19-22(14)26;1-19(2)10-15(23)20(3)12-5-4-11-6-7-21(13(11)8-12)16(24)14-9-17-18-22(14)25/h2-3,8-9,17,23,26H,4-7,10H2,1H3;4-5,8-9,25H,6-7,10H2,1-3H3. The van der Waals surface area contributed by atoms with Crippen molar-refractivity contribution in [2.45, 2.75) is 12.8 Å². The summed E-state index contributed by atoms with van der Waals surface area (Å²) in [6.45, 7) is 1.90. The zero-order chi connectivity index (χ0) is 36.8. The van der Waals surface area contributed by atoms with E-state index in [4.69, 9.17) is 5.11 Å². The minimum atomic E-state index is -0.237. The van der Waals surface area contributed by atoms with Crippen LogP contribution in [0.3, 0.4) is 0 Å². The average Bonchev–Trinajstić information content (AvgIpc) is 3.93. The summed E-state index contributed by atoms with van der Waals surface area (Å²) in [6.07, 6.45) is 4.28. The number of likely N-dealkylation sites (N-methyl/N-ethyl adjacent to an activating group) is 3. The number of aliphatic hydroxyl groups is 1. The van der Waals surface area contributed by atoms with Gasteiger partial charge in [0.05, 0.1) is 32.1 Å². The molecule has 270 valence electrons. The number of aliphatic hydroxyl groups excluding tert-OH is 1. The Hall–Kier alpha value is -4.82. The van der Waals surface area contributed by atoms with Gasteiger partial charge in [0, 0.05) is 56.5 Å². The van der Waals surface area contributed by atoms with Crippen molar-refractivity contribution >= 4 is 72.0 Å². The van der Waals surface area contributed by atoms with Gasteiger partial charge in [-0.15, -0.1) is 10.2 Å². The van der Waals surface area contributed by atoms with Gasteiger partial charge in [-0.05, 0) is 88.0 Å². The lowest BCUT2D eigenvalue weighted by Crippen LogP contribution is -2.36. The number of hydrogen-bond donors (Lipinski definition) is 4. The largest absolute Gasteiger partial charge is 0.395 e. The van der Waals surface area contributed by atoms with Crippen LogP contribution in [0.25, 0.3) is 0 Å². The van der Waals surface area contributed by atoms with E-state index in [9.17, 15) is 19.2 Å². The Bertz CT molecular complexity index is 1910. The summed E-state index contributed by atoms with van der Waals surface area (Å²) in [6, 6.07) is 11.4. The van der Waals surface area contributed by atoms with Crippen LogP contribution in [0.5, 0.6) is 0 Å². The van der Waals surface area contributed by atoms with Gasteiger partial charge in [0.1, 0.15) is 0 Å². The molecule has 2 aliphatic heterocycles. The molecule has 2 aromatic carbocycles. The van der Waals surface area contributed by atoms with Crippen molar-refractivity contribution in [1.29, 1.82) is 0 Å². The van der Waals surface area contributed by atoms with Gasteiger partial charge >= 0.3 is 0 Å². The van der Waals surface area contributed by atoms with Crippen molar-refractivity contribution in [1.82, 2.24) is 39.0 Å². The molecule has 0 saturated carbocycles. The molecule has 6 rings (SSSR count). The highest BCUT2D eigenvalue weighted by Crippen LogP contribution is 2.34. The summed E-state index contributed by atoms with van der Waals surface area (Å²) in [7, 11) is 7.12. The second kappa shape index (κ2) is 16.5. The van der Waals surface area contributed by atoms with E-state index >= 15 is 0 Å². The van der Waals surface area contributed by atoms with Crippen molar-refractivity contribution in [2.24, 2.45) is 0 Å². The Labute approximate surface area is 305 Å². The topological polar surface area (TPSA) is 178 Å². The molecule has 0 atom stereocenters. The molecule has 19 heteroatoms. The summed E-state index contributed by atoms with van der Waals surface area (Å²) < 4.78 is 2.31. The summed E-state index contributed by atoms with van der Waals surface area (Å²) >= 11 is 8.19. The Morgan fingerprint density at radius 1 is 0.765 bits per heavy atom. The molecule has 0 unspecified atom stereocenters. The predicted octanol–water partition coefficient (Wildman–Crippen LogP) is 0.417. The van der Waals surface area contributed by atoms with Gasteiger partial charge < -0.3 is 34.9 Å². The van der Waals surface area contributed by atoms with E-state index in [0.29, 0.717) is 37.6 Å². The van der Waals surface area contributed by atoms with Crippen LogP contribution >= 0.6 is 25.6 Å². The smallest absolute Gasteiger partial charge is 0.279 e. The Morgan fingerprint density at radius 3 is 1.65 bits per heavy atom. The van der Waals surface area contributed by atoms with Crippen molar-refractivity contribution in [3.05, 3.63) is 71.3 Å². The van der Waals surface area contributed by atoms with Gasteiger partial charge in [-0.2, -0.15) is 8.17 Å². The van der Waals surface area contributed by atoms with Crippen LogP contribution in [0.1, 0.15) is 32.1 Å². The fourth-order valence-corrected chi connectivity index (χ4v) is 6.02. The minimum Gasteiger partial charge on any atom is -0.395 e. The first-order chi connectivity index (χ1) is 24.4. The molecule has 4 heterocycles. The molecular formula is C32H40N12O5S2. The molecule has 2 N–H and O–H groups in total. The number of thiol groups is 2. The van der Waals surface area contributed by atoms with E-state index in [1.54, 1.807) is 28.8 Å². The number of rotatable bonds is 10. The molecule has 2 aromatic heterocycles. The fourth-order valence-electron chi connectivity index (χ4n) is 5.65. The Kier molecular flexibility index (Phi) is 12.1. The van der Waals surface area contributed by atoms with Crippen LogP contribution in [0.15, 0.2) is 48.8 Å². The number of nitrogens with zero attached hydrogens (tertiary/aromatic N) is 11. The molecule has 2 aliphatic rings. The molecule has 0 bridgehead atoms. The Morgan fingerprint density at radius 2 is 1.24 bits per heavy atom. The maximum absolute atomic E-state index is 12.7. The lowest BCUT2D eigenvalue weighted by atomic mass is 10.1. The first-order valence-electron chi connectivity index (χ1n) is 16.0. The first kappa shape index (κ1) is 37.4. The third-order valence-electron chi connectivity index (χ3n) is 8.46. The molecule has 0 aliphatic carbocycles. The monoisotopic (exact) mass is 736 g/mol. The van der Waals surface area contributed by atoms with Gasteiger partial charge in [0.25, 0.3) is 11.8 Å². The van der Waals surface area contributed by atoms with Crippen molar-refractivity contribution in [2.75, 3.05) is 87.1 Å². The van der Waals surface area contributed by atoms with Gasteiger partial charge in [-0.1, -0.05) is 22.6 Å². The number of nitrogens with one attached hydrogen (secondary N) is 1. The number of amides is 4. The molecule has 4 aromatic rings. The van der Waals surface area contributed by atoms with Gasteiger partial charge in [0.2, 0.25) is 11.8 Å². The van der Waals surface area contributed by atoms with E-state index in [1.165, 1.54) is 17.3 Å². The van der Waals surface area contributed by atoms with E-state index in [1.807, 2.05) is 55.4 Å². The summed E-state index contributed by atoms with van der Waals surface area (Å²) in [5.41, 5.74) is 5.72. The third kappa shape index (κ3) is 8.39. The SMILES string of the molecule is CN(C(=O)CNCCO)c1ccc2c(c1)N(C(=O)c1cnnn1S)CC2.CN(C)CC(=O)N(C)c1ccc2c(c1)N(C(=O)c1cnnn1S)CC2. The number of carbonyl (C=O) groups excluding carboxylic acids is 4. The Balaban J connectivity index is 0.000000198. The lowest BCUT2D eigenvalue weighted by molar-refractivity contribution is -0.119. The quantitative estimate of drug-likeness (QED) is 0.131. The zero-order valence-corrected chi connectivity index (χ0v) is 30.5. The molecule has 0 spiro atoms. The second-order valence-corrected chi connectivity index (χ2v) is 12.9. The van der Waals surface area contributed by atoms with Crippen LogP contribution in [0.2, 0.25) is 0 Å². The highest BCUT2D eigenvalue weighted by atomic mass is 32.1. The van der Waals surface area contributed by atoms with E-state index in [2.05, 4.69) is 51.6 Å². The van der Waals surface area contributed by atoms with Gasteiger partial charge in [0.15, 0.2) is 11.4 Å². The third-order valence-corrected chi connectivity index (χ3v) is 9.05. The maximum Gasteiger partial charge on any atom is 0.279 e. The number of fused-ring (bicyclic) bond motifs is 2.